The van der Waals surface area contributed by atoms with Crippen molar-refractivity contribution < 1.29 is 28.7 Å². The average Bonchev–Trinajstić information content (AvgIpc) is 3.52. The molecule has 1 heterocycles. The number of carbonyl (C=O) groups is 4. The number of rotatable bonds is 10. The van der Waals surface area contributed by atoms with Gasteiger partial charge in [0.15, 0.2) is 0 Å². The third-order valence-corrected chi connectivity index (χ3v) is 6.14. The predicted molar refractivity (Wildman–Crippen MR) is 130 cm³/mol. The number of nitrogens with one attached hydrogen (secondary N) is 3. The Labute approximate surface area is 211 Å². The van der Waals surface area contributed by atoms with Gasteiger partial charge in [0.25, 0.3) is 5.91 Å². The third kappa shape index (κ3) is 7.60. The van der Waals surface area contributed by atoms with Crippen LogP contribution in [0.4, 0.5) is 0 Å². The molecule has 0 unspecified atom stereocenters. The van der Waals surface area contributed by atoms with E-state index in [1.807, 2.05) is 0 Å². The van der Waals surface area contributed by atoms with E-state index in [4.69, 9.17) is 27.6 Å². The van der Waals surface area contributed by atoms with E-state index in [0.717, 1.165) is 25.7 Å². The van der Waals surface area contributed by atoms with Gasteiger partial charge in [-0.15, -0.1) is 0 Å². The van der Waals surface area contributed by atoms with Gasteiger partial charge in [0.05, 0.1) is 21.9 Å². The molecule has 1 aliphatic carbocycles. The Morgan fingerprint density at radius 2 is 1.80 bits per heavy atom. The number of hydrogen-bond acceptors (Lipinski definition) is 5. The molecule has 0 aliphatic heterocycles. The minimum Gasteiger partial charge on any atom is -0.480 e. The van der Waals surface area contributed by atoms with E-state index in [1.165, 1.54) is 30.5 Å². The van der Waals surface area contributed by atoms with Crippen molar-refractivity contribution in [1.29, 1.82) is 0 Å². The molecular formula is C24H25Cl2N3O6. The maximum atomic E-state index is 12.7. The molecule has 1 aliphatic rings. The van der Waals surface area contributed by atoms with Gasteiger partial charge in [0.1, 0.15) is 11.8 Å². The lowest BCUT2D eigenvalue weighted by atomic mass is 10.1. The lowest BCUT2D eigenvalue weighted by Crippen LogP contribution is -2.49. The lowest BCUT2D eigenvalue weighted by molar-refractivity contribution is -0.139. The Morgan fingerprint density at radius 1 is 1.11 bits per heavy atom. The van der Waals surface area contributed by atoms with Gasteiger partial charge in [-0.1, -0.05) is 36.0 Å². The molecule has 35 heavy (non-hydrogen) atoms. The number of hydrogen-bond donors (Lipinski definition) is 4. The maximum absolute atomic E-state index is 12.7. The fraction of sp³-hybridized carbons (Fsp3) is 0.333. The molecule has 1 saturated carbocycles. The number of aliphatic carboxylic acids is 1. The van der Waals surface area contributed by atoms with Gasteiger partial charge in [0, 0.05) is 25.1 Å². The molecule has 1 fully saturated rings. The van der Waals surface area contributed by atoms with Crippen molar-refractivity contribution in [3.8, 4) is 0 Å². The molecule has 9 nitrogen and oxygen atoms in total. The first kappa shape index (κ1) is 26.3. The van der Waals surface area contributed by atoms with Crippen molar-refractivity contribution in [3.63, 3.8) is 0 Å². The summed E-state index contributed by atoms with van der Waals surface area (Å²) < 4.78 is 5.11. The molecule has 1 aromatic heterocycles. The molecule has 3 amide bonds. The van der Waals surface area contributed by atoms with Crippen LogP contribution in [0.25, 0.3) is 6.08 Å². The second-order valence-corrected chi connectivity index (χ2v) is 8.91. The van der Waals surface area contributed by atoms with Gasteiger partial charge in [-0.3, -0.25) is 14.4 Å². The number of amides is 3. The molecule has 2 aromatic rings. The monoisotopic (exact) mass is 521 g/mol. The summed E-state index contributed by atoms with van der Waals surface area (Å²) in [7, 11) is 0. The number of carboxylic acid groups (broad SMARTS) is 1. The standard InChI is InChI=1S/C24H25Cl2N3O6/c25-17-10-14(12-27-20(30)8-7-16-6-3-9-35-16)11-18(26)21(17)23(32)29-19(24(33)34)13-28-22(31)15-4-1-2-5-15/h3,6-11,15,19H,1-2,4-5,12-13H2,(H,27,30)(H,28,31)(H,29,32)(H,33,34)/t19-/m0/s1. The Morgan fingerprint density at radius 3 is 2.40 bits per heavy atom. The maximum Gasteiger partial charge on any atom is 0.328 e. The predicted octanol–water partition coefficient (Wildman–Crippen LogP) is 3.41. The highest BCUT2D eigenvalue weighted by Gasteiger charge is 2.27. The summed E-state index contributed by atoms with van der Waals surface area (Å²) in [4.78, 5) is 48.5. The molecule has 0 saturated heterocycles. The Kier molecular flexibility index (Phi) is 9.33. The first-order chi connectivity index (χ1) is 16.7. The summed E-state index contributed by atoms with van der Waals surface area (Å²) in [6, 6.07) is 4.95. The lowest BCUT2D eigenvalue weighted by Gasteiger charge is -2.18. The zero-order chi connectivity index (χ0) is 25.4. The van der Waals surface area contributed by atoms with E-state index in [0.29, 0.717) is 11.3 Å². The molecule has 186 valence electrons. The molecule has 11 heteroatoms. The van der Waals surface area contributed by atoms with Crippen molar-refractivity contribution in [2.45, 2.75) is 38.3 Å². The topological polar surface area (TPSA) is 138 Å². The zero-order valence-corrected chi connectivity index (χ0v) is 20.2. The summed E-state index contributed by atoms with van der Waals surface area (Å²) in [6.07, 6.45) is 7.79. The molecule has 4 N–H and O–H groups in total. The molecule has 1 aromatic carbocycles. The van der Waals surface area contributed by atoms with E-state index < -0.39 is 17.9 Å². The Bertz CT molecular complexity index is 1090. The smallest absolute Gasteiger partial charge is 0.328 e. The average molecular weight is 522 g/mol. The van der Waals surface area contributed by atoms with E-state index in [1.54, 1.807) is 12.1 Å². The van der Waals surface area contributed by atoms with Crippen molar-refractivity contribution in [3.05, 3.63) is 63.5 Å². The van der Waals surface area contributed by atoms with Crippen LogP contribution < -0.4 is 16.0 Å². The number of benzene rings is 1. The van der Waals surface area contributed by atoms with Gasteiger partial charge in [-0.05, 0) is 48.7 Å². The van der Waals surface area contributed by atoms with Crippen molar-refractivity contribution in [2.24, 2.45) is 5.92 Å². The van der Waals surface area contributed by atoms with Crippen molar-refractivity contribution in [2.75, 3.05) is 6.54 Å². The summed E-state index contributed by atoms with van der Waals surface area (Å²) in [5.41, 5.74) is 0.435. The van der Waals surface area contributed by atoms with Crippen LogP contribution in [-0.4, -0.2) is 41.4 Å². The third-order valence-electron chi connectivity index (χ3n) is 5.55. The zero-order valence-electron chi connectivity index (χ0n) is 18.7. The number of carbonyl (C=O) groups excluding carboxylic acids is 3. The second-order valence-electron chi connectivity index (χ2n) is 8.09. The Hall–Kier alpha value is -3.30. The van der Waals surface area contributed by atoms with E-state index in [2.05, 4.69) is 16.0 Å². The number of carboxylic acids is 1. The largest absolute Gasteiger partial charge is 0.480 e. The highest BCUT2D eigenvalue weighted by molar-refractivity contribution is 6.39. The van der Waals surface area contributed by atoms with Gasteiger partial charge >= 0.3 is 5.97 Å². The molecule has 3 rings (SSSR count). The van der Waals surface area contributed by atoms with Crippen LogP contribution in [-0.2, 0) is 20.9 Å². The summed E-state index contributed by atoms with van der Waals surface area (Å²) in [5.74, 6) is -2.29. The first-order valence-electron chi connectivity index (χ1n) is 11.0. The van der Waals surface area contributed by atoms with E-state index in [-0.39, 0.29) is 46.4 Å². The fourth-order valence-corrected chi connectivity index (χ4v) is 4.41. The van der Waals surface area contributed by atoms with Gasteiger partial charge in [-0.25, -0.2) is 4.79 Å². The van der Waals surface area contributed by atoms with Crippen molar-refractivity contribution >= 4 is 53.0 Å². The molecule has 0 bridgehead atoms. The van der Waals surface area contributed by atoms with Crippen LogP contribution in [0.1, 0.15) is 47.4 Å². The molecule has 0 radical (unpaired) electrons. The fourth-order valence-electron chi connectivity index (χ4n) is 3.70. The van der Waals surface area contributed by atoms with Crippen LogP contribution in [0, 0.1) is 5.92 Å². The highest BCUT2D eigenvalue weighted by Crippen LogP contribution is 2.27. The van der Waals surface area contributed by atoms with E-state index in [9.17, 15) is 24.3 Å². The second kappa shape index (κ2) is 12.4. The normalized spacial score (nSPS) is 14.6. The summed E-state index contributed by atoms with van der Waals surface area (Å²) in [5, 5.41) is 17.1. The van der Waals surface area contributed by atoms with Crippen LogP contribution in [0.5, 0.6) is 0 Å². The van der Waals surface area contributed by atoms with Gasteiger partial charge < -0.3 is 25.5 Å². The molecular weight excluding hydrogens is 497 g/mol. The van der Waals surface area contributed by atoms with Crippen LogP contribution in [0.2, 0.25) is 10.0 Å². The van der Waals surface area contributed by atoms with Crippen LogP contribution in [0.15, 0.2) is 41.0 Å². The minimum atomic E-state index is -1.36. The molecule has 1 atom stereocenters. The summed E-state index contributed by atoms with van der Waals surface area (Å²) >= 11 is 12.5. The van der Waals surface area contributed by atoms with Gasteiger partial charge in [-0.2, -0.15) is 0 Å². The number of halogens is 2. The molecule has 0 spiro atoms. The first-order valence-corrected chi connectivity index (χ1v) is 11.8. The van der Waals surface area contributed by atoms with Gasteiger partial charge in [0.2, 0.25) is 11.8 Å². The Balaban J connectivity index is 1.58. The highest BCUT2D eigenvalue weighted by atomic mass is 35.5. The van der Waals surface area contributed by atoms with E-state index >= 15 is 0 Å². The van der Waals surface area contributed by atoms with Crippen LogP contribution in [0.3, 0.4) is 0 Å². The summed E-state index contributed by atoms with van der Waals surface area (Å²) in [6.45, 7) is -0.172. The SMILES string of the molecule is O=C(C=Cc1ccco1)NCc1cc(Cl)c(C(=O)N[C@@H](CNC(=O)C2CCCC2)C(=O)O)c(Cl)c1. The van der Waals surface area contributed by atoms with Crippen molar-refractivity contribution in [1.82, 2.24) is 16.0 Å². The van der Waals surface area contributed by atoms with Crippen LogP contribution >= 0.6 is 23.2 Å². The quantitative estimate of drug-likeness (QED) is 0.353. The minimum absolute atomic E-state index is 0.00972. The number of furan rings is 1.